The standard InChI is InChI=1S/C22H25N5O5S/c1-13-10-11-18(24-22(29)23-17-8-6-5-7-9-17)12-19(13)25-21(28)15(3)27-33(30,31)20-14(2)26-32-16(20)4/h5-12,15,27H,1-4H3,(H,25,28)(H2,23,24,29)/t15-/m0/s1. The number of anilines is 3. The van der Waals surface area contributed by atoms with Crippen LogP contribution in [0.1, 0.15) is 23.9 Å². The number of aryl methyl sites for hydroxylation is 3. The third-order valence-electron chi connectivity index (χ3n) is 4.75. The Morgan fingerprint density at radius 1 is 0.939 bits per heavy atom. The first-order valence-corrected chi connectivity index (χ1v) is 11.5. The first-order chi connectivity index (χ1) is 15.6. The summed E-state index contributed by atoms with van der Waals surface area (Å²) in [7, 11) is -4.01. The van der Waals surface area contributed by atoms with Gasteiger partial charge in [-0.25, -0.2) is 13.2 Å². The molecule has 0 fully saturated rings. The summed E-state index contributed by atoms with van der Waals surface area (Å²) < 4.78 is 32.5. The highest BCUT2D eigenvalue weighted by atomic mass is 32.2. The number of nitrogens with one attached hydrogen (secondary N) is 4. The van der Waals surface area contributed by atoms with Crippen LogP contribution in [0.4, 0.5) is 21.9 Å². The molecular weight excluding hydrogens is 446 g/mol. The molecule has 0 aliphatic rings. The van der Waals surface area contributed by atoms with Crippen LogP contribution in [0.3, 0.4) is 0 Å². The van der Waals surface area contributed by atoms with Gasteiger partial charge in [0.25, 0.3) is 0 Å². The molecule has 4 N–H and O–H groups in total. The average Bonchev–Trinajstić information content (AvgIpc) is 3.09. The summed E-state index contributed by atoms with van der Waals surface area (Å²) >= 11 is 0. The summed E-state index contributed by atoms with van der Waals surface area (Å²) in [5.74, 6) is -0.435. The lowest BCUT2D eigenvalue weighted by Crippen LogP contribution is -2.41. The molecule has 174 valence electrons. The van der Waals surface area contributed by atoms with E-state index in [0.29, 0.717) is 17.1 Å². The van der Waals surface area contributed by atoms with Gasteiger partial charge in [-0.3, -0.25) is 4.79 Å². The Morgan fingerprint density at radius 3 is 2.24 bits per heavy atom. The predicted molar refractivity (Wildman–Crippen MR) is 125 cm³/mol. The molecule has 1 heterocycles. The molecule has 11 heteroatoms. The molecule has 0 aliphatic heterocycles. The van der Waals surface area contributed by atoms with Crippen LogP contribution in [0.2, 0.25) is 0 Å². The molecular formula is C22H25N5O5S. The molecule has 0 saturated heterocycles. The Balaban J connectivity index is 1.67. The van der Waals surface area contributed by atoms with Gasteiger partial charge in [-0.05, 0) is 57.5 Å². The third kappa shape index (κ3) is 5.96. The molecule has 0 saturated carbocycles. The number of nitrogens with zero attached hydrogens (tertiary/aromatic N) is 1. The fourth-order valence-electron chi connectivity index (χ4n) is 3.09. The Bertz CT molecular complexity index is 1250. The summed E-state index contributed by atoms with van der Waals surface area (Å²) in [5, 5.41) is 11.7. The van der Waals surface area contributed by atoms with Gasteiger partial charge < -0.3 is 20.5 Å². The van der Waals surface area contributed by atoms with Crippen molar-refractivity contribution >= 4 is 39.0 Å². The van der Waals surface area contributed by atoms with Crippen molar-refractivity contribution < 1.29 is 22.5 Å². The highest BCUT2D eigenvalue weighted by molar-refractivity contribution is 7.89. The van der Waals surface area contributed by atoms with Gasteiger partial charge in [-0.1, -0.05) is 29.4 Å². The van der Waals surface area contributed by atoms with E-state index in [2.05, 4.69) is 25.8 Å². The summed E-state index contributed by atoms with van der Waals surface area (Å²) in [6, 6.07) is 12.4. The number of carbonyl (C=O) groups is 2. The van der Waals surface area contributed by atoms with Gasteiger partial charge in [0.1, 0.15) is 10.6 Å². The van der Waals surface area contributed by atoms with E-state index >= 15 is 0 Å². The molecule has 0 radical (unpaired) electrons. The average molecular weight is 472 g/mol. The van der Waals surface area contributed by atoms with E-state index in [-0.39, 0.29) is 16.3 Å². The highest BCUT2D eigenvalue weighted by Gasteiger charge is 2.28. The van der Waals surface area contributed by atoms with Crippen molar-refractivity contribution in [1.29, 1.82) is 0 Å². The number of sulfonamides is 1. The van der Waals surface area contributed by atoms with Gasteiger partial charge in [0.05, 0.1) is 6.04 Å². The lowest BCUT2D eigenvalue weighted by molar-refractivity contribution is -0.117. The topological polar surface area (TPSA) is 142 Å². The van der Waals surface area contributed by atoms with Crippen molar-refractivity contribution in [3.8, 4) is 0 Å². The van der Waals surface area contributed by atoms with Crippen molar-refractivity contribution in [2.45, 2.75) is 38.6 Å². The van der Waals surface area contributed by atoms with Gasteiger partial charge in [0, 0.05) is 17.1 Å². The first-order valence-electron chi connectivity index (χ1n) is 10.1. The van der Waals surface area contributed by atoms with E-state index in [0.717, 1.165) is 5.56 Å². The van der Waals surface area contributed by atoms with Gasteiger partial charge >= 0.3 is 6.03 Å². The maximum absolute atomic E-state index is 12.7. The van der Waals surface area contributed by atoms with E-state index in [9.17, 15) is 18.0 Å². The smallest absolute Gasteiger partial charge is 0.323 e. The molecule has 10 nitrogen and oxygen atoms in total. The number of carbonyl (C=O) groups excluding carboxylic acids is 2. The number of hydrogen-bond donors (Lipinski definition) is 4. The minimum absolute atomic E-state index is 0.0889. The summed E-state index contributed by atoms with van der Waals surface area (Å²) in [4.78, 5) is 24.8. The van der Waals surface area contributed by atoms with Crippen molar-refractivity contribution in [1.82, 2.24) is 9.88 Å². The zero-order chi connectivity index (χ0) is 24.2. The molecule has 1 aromatic heterocycles. The molecule has 1 atom stereocenters. The fraction of sp³-hybridized carbons (Fsp3) is 0.227. The normalized spacial score (nSPS) is 12.1. The van der Waals surface area contributed by atoms with Gasteiger partial charge in [0.15, 0.2) is 5.76 Å². The zero-order valence-corrected chi connectivity index (χ0v) is 19.4. The Hall–Kier alpha value is -3.70. The number of para-hydroxylation sites is 1. The lowest BCUT2D eigenvalue weighted by Gasteiger charge is -2.16. The number of hydrogen-bond acceptors (Lipinski definition) is 6. The minimum Gasteiger partial charge on any atom is -0.360 e. The van der Waals surface area contributed by atoms with E-state index in [1.165, 1.54) is 20.8 Å². The number of aromatic nitrogens is 1. The van der Waals surface area contributed by atoms with Crippen LogP contribution >= 0.6 is 0 Å². The summed E-state index contributed by atoms with van der Waals surface area (Å²) in [6.07, 6.45) is 0. The van der Waals surface area contributed by atoms with Gasteiger partial charge in [-0.2, -0.15) is 4.72 Å². The molecule has 3 aromatic rings. The van der Waals surface area contributed by atoms with Gasteiger partial charge in [-0.15, -0.1) is 0 Å². The molecule has 3 amide bonds. The minimum atomic E-state index is -4.01. The van der Waals surface area contributed by atoms with Crippen molar-refractivity contribution in [2.24, 2.45) is 0 Å². The SMILES string of the molecule is Cc1ccc(NC(=O)Nc2ccccc2)cc1NC(=O)[C@H](C)NS(=O)(=O)c1c(C)noc1C. The molecule has 0 aliphatic carbocycles. The molecule has 33 heavy (non-hydrogen) atoms. The van der Waals surface area contributed by atoms with Crippen LogP contribution in [0.25, 0.3) is 0 Å². The molecule has 0 bridgehead atoms. The Morgan fingerprint density at radius 2 is 1.61 bits per heavy atom. The zero-order valence-electron chi connectivity index (χ0n) is 18.6. The van der Waals surface area contributed by atoms with Gasteiger partial charge in [0.2, 0.25) is 15.9 Å². The monoisotopic (exact) mass is 471 g/mol. The second-order valence-corrected chi connectivity index (χ2v) is 9.11. The van der Waals surface area contributed by atoms with Crippen molar-refractivity contribution in [3.05, 3.63) is 65.5 Å². The molecule has 0 spiro atoms. The Kier molecular flexibility index (Phi) is 7.14. The van der Waals surface area contributed by atoms with E-state index in [1.54, 1.807) is 49.4 Å². The lowest BCUT2D eigenvalue weighted by atomic mass is 10.1. The second kappa shape index (κ2) is 9.84. The van der Waals surface area contributed by atoms with Crippen LogP contribution in [-0.2, 0) is 14.8 Å². The van der Waals surface area contributed by atoms with Crippen LogP contribution in [-0.4, -0.2) is 31.6 Å². The number of rotatable bonds is 7. The summed E-state index contributed by atoms with van der Waals surface area (Å²) in [5.41, 5.74) is 2.46. The second-order valence-electron chi connectivity index (χ2n) is 7.46. The number of benzene rings is 2. The van der Waals surface area contributed by atoms with Crippen LogP contribution in [0.15, 0.2) is 57.9 Å². The van der Waals surface area contributed by atoms with Crippen LogP contribution in [0, 0.1) is 20.8 Å². The predicted octanol–water partition coefficient (Wildman–Crippen LogP) is 3.55. The Labute approximate surface area is 191 Å². The summed E-state index contributed by atoms with van der Waals surface area (Å²) in [6.45, 7) is 6.19. The maximum atomic E-state index is 12.7. The van der Waals surface area contributed by atoms with E-state index in [4.69, 9.17) is 4.52 Å². The maximum Gasteiger partial charge on any atom is 0.323 e. The van der Waals surface area contributed by atoms with Crippen LogP contribution < -0.4 is 20.7 Å². The quantitative estimate of drug-likeness (QED) is 0.415. The fourth-order valence-corrected chi connectivity index (χ4v) is 4.63. The number of urea groups is 1. The van der Waals surface area contributed by atoms with E-state index in [1.807, 2.05) is 6.07 Å². The first kappa shape index (κ1) is 24.0. The largest absolute Gasteiger partial charge is 0.360 e. The highest BCUT2D eigenvalue weighted by Crippen LogP contribution is 2.22. The molecule has 2 aromatic carbocycles. The van der Waals surface area contributed by atoms with Crippen molar-refractivity contribution in [2.75, 3.05) is 16.0 Å². The van der Waals surface area contributed by atoms with E-state index < -0.39 is 28.0 Å². The van der Waals surface area contributed by atoms with Crippen LogP contribution in [0.5, 0.6) is 0 Å². The third-order valence-corrected chi connectivity index (χ3v) is 6.53. The number of amides is 3. The molecule has 0 unspecified atom stereocenters. The molecule has 3 rings (SSSR count). The van der Waals surface area contributed by atoms with Crippen molar-refractivity contribution in [3.63, 3.8) is 0 Å².